The summed E-state index contributed by atoms with van der Waals surface area (Å²) in [6.07, 6.45) is 15.6. The van der Waals surface area contributed by atoms with Crippen molar-refractivity contribution in [2.24, 2.45) is 29.5 Å². The zero-order valence-electron chi connectivity index (χ0n) is 45.0. The van der Waals surface area contributed by atoms with Gasteiger partial charge in [0.15, 0.2) is 0 Å². The number of allylic oxidation sites excluding steroid dienone is 1. The van der Waals surface area contributed by atoms with Crippen LogP contribution in [-0.2, 0) is 33.4 Å². The quantitative estimate of drug-likeness (QED) is 0.0208. The highest BCUT2D eigenvalue weighted by molar-refractivity contribution is 5.75. The van der Waals surface area contributed by atoms with Gasteiger partial charge in [0, 0.05) is 39.8 Å². The molecule has 0 spiro atoms. The van der Waals surface area contributed by atoms with Gasteiger partial charge in [0.05, 0.1) is 18.2 Å². The summed E-state index contributed by atoms with van der Waals surface area (Å²) in [6, 6.07) is 11.1. The van der Waals surface area contributed by atoms with Crippen molar-refractivity contribution in [3.63, 3.8) is 0 Å². The summed E-state index contributed by atoms with van der Waals surface area (Å²) < 4.78 is 11.1. The predicted octanol–water partition coefficient (Wildman–Crippen LogP) is 9.20. The molecule has 0 aliphatic carbocycles. The minimum absolute atomic E-state index is 0.0874. The van der Waals surface area contributed by atoms with Crippen LogP contribution in [0.25, 0.3) is 0 Å². The van der Waals surface area contributed by atoms with Crippen molar-refractivity contribution < 1.29 is 38.6 Å². The molecule has 0 radical (unpaired) electrons. The third-order valence-corrected chi connectivity index (χ3v) is 10.9. The topological polar surface area (TPSA) is 193 Å². The molecule has 388 valence electrons. The minimum Gasteiger partial charge on any atom is -0.480 e. The van der Waals surface area contributed by atoms with E-state index in [2.05, 4.69) is 124 Å². The maximum atomic E-state index is 10.8. The van der Waals surface area contributed by atoms with E-state index in [9.17, 15) is 24.0 Å². The summed E-state index contributed by atoms with van der Waals surface area (Å²) in [5, 5.41) is 12.5. The van der Waals surface area contributed by atoms with Gasteiger partial charge in [0.25, 0.3) is 0 Å². The monoisotopic (exact) mass is 939 g/mol. The van der Waals surface area contributed by atoms with Gasteiger partial charge in [-0.2, -0.15) is 0 Å². The number of likely N-dealkylation sites (tertiary alicyclic amines) is 1. The number of hydrogen-bond donors (Lipinski definition) is 5. The van der Waals surface area contributed by atoms with Gasteiger partial charge < -0.3 is 35.0 Å². The SMILES string of the molecule is CC.CC(C)C(C)N(C)CCCC(=O)NN.CCC.CCCCC(C(/C=C(\C)CNC=O)CC)C(CC)OC.COC(C(C)C)C1CCCN1C=O.Cc1ccccc1.O=CNCC(=O)O. The van der Waals surface area contributed by atoms with Crippen molar-refractivity contribution in [1.29, 1.82) is 0 Å². The number of nitrogens with zero attached hydrogens (tertiary/aromatic N) is 2. The molecule has 1 aromatic rings. The van der Waals surface area contributed by atoms with Crippen LogP contribution in [0.3, 0.4) is 0 Å². The van der Waals surface area contributed by atoms with Crippen LogP contribution in [0.4, 0.5) is 0 Å². The van der Waals surface area contributed by atoms with Gasteiger partial charge in [0.2, 0.25) is 25.1 Å². The summed E-state index contributed by atoms with van der Waals surface area (Å²) >= 11 is 0. The number of carboxylic acid groups (broad SMARTS) is 1. The average Bonchev–Trinajstić information content (AvgIpc) is 3.78. The number of unbranched alkanes of at least 4 members (excludes halogenated alkanes) is 1. The molecule has 2 rings (SSSR count). The van der Waals surface area contributed by atoms with Crippen LogP contribution < -0.4 is 21.9 Å². The molecule has 1 heterocycles. The Hall–Kier alpha value is -3.85. The fourth-order valence-electron chi connectivity index (χ4n) is 7.04. The largest absolute Gasteiger partial charge is 0.480 e. The van der Waals surface area contributed by atoms with E-state index in [1.807, 2.05) is 49.4 Å². The molecule has 0 aromatic heterocycles. The first-order valence-corrected chi connectivity index (χ1v) is 24.6. The van der Waals surface area contributed by atoms with E-state index in [1.165, 1.54) is 36.8 Å². The van der Waals surface area contributed by atoms with E-state index in [-0.39, 0.29) is 18.6 Å². The van der Waals surface area contributed by atoms with E-state index in [1.54, 1.807) is 7.11 Å². The number of carbonyl (C=O) groups is 5. The first-order chi connectivity index (χ1) is 31.4. The van der Waals surface area contributed by atoms with Crippen LogP contribution in [0.15, 0.2) is 42.0 Å². The molecule has 6 N–H and O–H groups in total. The van der Waals surface area contributed by atoms with E-state index >= 15 is 0 Å². The summed E-state index contributed by atoms with van der Waals surface area (Å²) in [6.45, 7) is 32.1. The van der Waals surface area contributed by atoms with Crippen LogP contribution in [0.2, 0.25) is 0 Å². The second kappa shape index (κ2) is 50.6. The highest BCUT2D eigenvalue weighted by Crippen LogP contribution is 2.30. The predicted molar refractivity (Wildman–Crippen MR) is 276 cm³/mol. The lowest BCUT2D eigenvalue weighted by Gasteiger charge is -2.31. The van der Waals surface area contributed by atoms with Gasteiger partial charge in [-0.15, -0.1) is 0 Å². The minimum atomic E-state index is -1.04. The average molecular weight is 939 g/mol. The zero-order valence-corrected chi connectivity index (χ0v) is 45.0. The molecule has 66 heavy (non-hydrogen) atoms. The highest BCUT2D eigenvalue weighted by atomic mass is 16.5. The van der Waals surface area contributed by atoms with E-state index < -0.39 is 5.97 Å². The normalized spacial score (nSPS) is 14.9. The highest BCUT2D eigenvalue weighted by Gasteiger charge is 2.32. The van der Waals surface area contributed by atoms with Crippen LogP contribution in [-0.4, -0.2) is 118 Å². The number of rotatable bonds is 25. The zero-order chi connectivity index (χ0) is 51.9. The Morgan fingerprint density at radius 3 is 1.82 bits per heavy atom. The molecule has 1 aromatic carbocycles. The fraction of sp³-hybridized carbons (Fsp3) is 0.750. The van der Waals surface area contributed by atoms with Gasteiger partial charge in [-0.1, -0.05) is 143 Å². The van der Waals surface area contributed by atoms with E-state index in [0.717, 1.165) is 58.0 Å². The molecule has 6 atom stereocenters. The van der Waals surface area contributed by atoms with Crippen molar-refractivity contribution in [2.45, 2.75) is 185 Å². The van der Waals surface area contributed by atoms with Gasteiger partial charge >= 0.3 is 5.97 Å². The maximum Gasteiger partial charge on any atom is 0.322 e. The molecule has 1 aliphatic heterocycles. The lowest BCUT2D eigenvalue weighted by atomic mass is 9.80. The number of amides is 4. The third-order valence-electron chi connectivity index (χ3n) is 10.9. The Kier molecular flexibility index (Phi) is 54.5. The van der Waals surface area contributed by atoms with E-state index in [4.69, 9.17) is 20.4 Å². The second-order valence-electron chi connectivity index (χ2n) is 17.0. The first kappa shape index (κ1) is 71.2. The fourth-order valence-corrected chi connectivity index (χ4v) is 7.04. The third kappa shape index (κ3) is 40.4. The summed E-state index contributed by atoms with van der Waals surface area (Å²) in [5.74, 6) is 6.07. The Bertz CT molecular complexity index is 1280. The smallest absolute Gasteiger partial charge is 0.322 e. The van der Waals surface area contributed by atoms with Crippen LogP contribution in [0.5, 0.6) is 0 Å². The molecular weight excluding hydrogens is 837 g/mol. The first-order valence-electron chi connectivity index (χ1n) is 24.6. The number of carbonyl (C=O) groups excluding carboxylic acids is 4. The van der Waals surface area contributed by atoms with Crippen molar-refractivity contribution >= 4 is 31.1 Å². The molecule has 1 fully saturated rings. The maximum absolute atomic E-state index is 10.8. The van der Waals surface area contributed by atoms with E-state index in [0.29, 0.717) is 61.2 Å². The number of nitrogens with two attached hydrogens (primary N) is 1. The number of benzene rings is 1. The Balaban J connectivity index is -0.000000239. The number of carboxylic acids is 1. The van der Waals surface area contributed by atoms with Gasteiger partial charge in [0.1, 0.15) is 6.54 Å². The molecule has 1 aliphatic rings. The summed E-state index contributed by atoms with van der Waals surface area (Å²) in [5.41, 5.74) is 4.69. The summed E-state index contributed by atoms with van der Waals surface area (Å²) in [7, 11) is 5.64. The second-order valence-corrected chi connectivity index (χ2v) is 17.0. The van der Waals surface area contributed by atoms with Crippen molar-refractivity contribution in [3.8, 4) is 0 Å². The molecule has 1 saturated heterocycles. The molecular formula is C52H102N6O8. The summed E-state index contributed by atoms with van der Waals surface area (Å²) in [4.78, 5) is 55.0. The van der Waals surface area contributed by atoms with Crippen molar-refractivity contribution in [1.82, 2.24) is 25.9 Å². The number of hydrazine groups is 1. The standard InChI is InChI=1S/C17H33NO2.C10H23N3O.C10H19NO2.C7H8.C3H5NO3.C3H8.C2H6/c1-6-9-10-16(17(8-3)20-5)15(7-2)11-14(4)12-18-13-19;1-8(2)9(3)13(4)7-5-6-10(14)12-11;1-8(2)10(13-3)9-5-4-6-11(9)7-12;1-7-5-3-2-4-6-7;5-2-4-1-3(6)7;1-3-2;1-2/h11,13,15-17H,6-10,12H2,1-5H3,(H,18,19);8-9H,5-7,11H2,1-4H3,(H,12,14);7-10H,4-6H2,1-3H3;2-6H,1H3;2H,1H2,(H,4,5)(H,6,7);3H2,1-2H3;1-2H3/b14-11+;;;;;;. The Morgan fingerprint density at radius 2 is 1.45 bits per heavy atom. The molecule has 0 saturated carbocycles. The van der Waals surface area contributed by atoms with Crippen molar-refractivity contribution in [2.75, 3.05) is 47.4 Å². The number of ether oxygens (including phenoxy) is 2. The van der Waals surface area contributed by atoms with Gasteiger partial charge in [-0.05, 0) is 96.6 Å². The number of aliphatic carboxylic acids is 1. The number of aryl methyl sites for hydroxylation is 1. The molecule has 0 bridgehead atoms. The van der Waals surface area contributed by atoms with Crippen LogP contribution in [0.1, 0.15) is 160 Å². The molecule has 6 unspecified atom stereocenters. The molecule has 4 amide bonds. The van der Waals surface area contributed by atoms with Gasteiger partial charge in [-0.3, -0.25) is 29.4 Å². The number of hydrogen-bond acceptors (Lipinski definition) is 9. The van der Waals surface area contributed by atoms with Crippen LogP contribution >= 0.6 is 0 Å². The molecule has 14 heteroatoms. The van der Waals surface area contributed by atoms with Crippen molar-refractivity contribution in [3.05, 3.63) is 47.5 Å². The number of nitrogens with one attached hydrogen (secondary N) is 3. The molecule has 14 nitrogen and oxygen atoms in total. The van der Waals surface area contributed by atoms with Crippen LogP contribution in [0, 0.1) is 30.6 Å². The Labute approximate surface area is 404 Å². The lowest BCUT2D eigenvalue weighted by molar-refractivity contribution is -0.136. The number of methoxy groups -OCH3 is 2. The van der Waals surface area contributed by atoms with Gasteiger partial charge in [-0.25, -0.2) is 5.84 Å². The lowest BCUT2D eigenvalue weighted by Crippen LogP contribution is -2.42. The Morgan fingerprint density at radius 1 is 0.894 bits per heavy atom.